The molecule has 0 aliphatic carbocycles. The van der Waals surface area contributed by atoms with Crippen LogP contribution in [0.4, 0.5) is 10.5 Å². The SMILES string of the molecule is COc1ccc(C2c3cccn3CCN2C(=O)Nc2ccc(C)cc2)c(OC)c1. The number of fused-ring (bicyclic) bond motifs is 1. The van der Waals surface area contributed by atoms with Crippen LogP contribution in [0.1, 0.15) is 22.9 Å². The summed E-state index contributed by atoms with van der Waals surface area (Å²) in [5.41, 5.74) is 3.91. The maximum atomic E-state index is 13.2. The molecule has 1 N–H and O–H groups in total. The van der Waals surface area contributed by atoms with E-state index in [0.717, 1.165) is 29.1 Å². The molecule has 1 aliphatic rings. The van der Waals surface area contributed by atoms with E-state index in [1.54, 1.807) is 14.2 Å². The van der Waals surface area contributed by atoms with E-state index in [1.807, 2.05) is 66.6 Å². The fourth-order valence-electron chi connectivity index (χ4n) is 3.81. The lowest BCUT2D eigenvalue weighted by Crippen LogP contribution is -2.44. The minimum Gasteiger partial charge on any atom is -0.497 e. The van der Waals surface area contributed by atoms with E-state index in [2.05, 4.69) is 16.0 Å². The van der Waals surface area contributed by atoms with Crippen molar-refractivity contribution in [2.75, 3.05) is 26.1 Å². The molecule has 1 atom stereocenters. The van der Waals surface area contributed by atoms with E-state index in [1.165, 1.54) is 0 Å². The Bertz CT molecular complexity index is 1010. The number of amides is 2. The first kappa shape index (κ1) is 18.9. The standard InChI is InChI=1S/C23H25N3O3/c1-16-6-8-17(9-7-16)24-23(27)26-14-13-25-12-4-5-20(25)22(26)19-11-10-18(28-2)15-21(19)29-3/h4-12,15,22H,13-14H2,1-3H3,(H,24,27). The summed E-state index contributed by atoms with van der Waals surface area (Å²) in [5, 5.41) is 3.03. The molecule has 1 aromatic heterocycles. The quantitative estimate of drug-likeness (QED) is 0.715. The van der Waals surface area contributed by atoms with E-state index in [-0.39, 0.29) is 12.1 Å². The second kappa shape index (κ2) is 7.91. The number of methoxy groups -OCH3 is 2. The largest absolute Gasteiger partial charge is 0.497 e. The first-order chi connectivity index (χ1) is 14.1. The molecule has 1 unspecified atom stereocenters. The molecule has 0 radical (unpaired) electrons. The molecule has 2 heterocycles. The number of aromatic nitrogens is 1. The Morgan fingerprint density at radius 3 is 2.55 bits per heavy atom. The first-order valence-corrected chi connectivity index (χ1v) is 9.62. The topological polar surface area (TPSA) is 55.7 Å². The average molecular weight is 391 g/mol. The van der Waals surface area contributed by atoms with Gasteiger partial charge in [0, 0.05) is 42.3 Å². The van der Waals surface area contributed by atoms with Gasteiger partial charge in [0.2, 0.25) is 0 Å². The first-order valence-electron chi connectivity index (χ1n) is 9.62. The number of aryl methyl sites for hydroxylation is 1. The van der Waals surface area contributed by atoms with Gasteiger partial charge in [-0.15, -0.1) is 0 Å². The summed E-state index contributed by atoms with van der Waals surface area (Å²) in [6.07, 6.45) is 2.05. The molecule has 1 aliphatic heterocycles. The van der Waals surface area contributed by atoms with Crippen molar-refractivity contribution in [1.82, 2.24) is 9.47 Å². The fraction of sp³-hybridized carbons (Fsp3) is 0.261. The molecular formula is C23H25N3O3. The molecule has 0 fully saturated rings. The summed E-state index contributed by atoms with van der Waals surface area (Å²) in [4.78, 5) is 15.1. The normalized spacial score (nSPS) is 15.6. The van der Waals surface area contributed by atoms with E-state index in [9.17, 15) is 4.79 Å². The van der Waals surface area contributed by atoms with Gasteiger partial charge in [-0.3, -0.25) is 0 Å². The van der Waals surface area contributed by atoms with Crippen LogP contribution in [0.5, 0.6) is 11.5 Å². The molecule has 29 heavy (non-hydrogen) atoms. The smallest absolute Gasteiger partial charge is 0.322 e. The predicted molar refractivity (Wildman–Crippen MR) is 113 cm³/mol. The summed E-state index contributed by atoms with van der Waals surface area (Å²) >= 11 is 0. The van der Waals surface area contributed by atoms with E-state index >= 15 is 0 Å². The third kappa shape index (κ3) is 3.66. The Hall–Kier alpha value is -3.41. The van der Waals surface area contributed by atoms with Crippen LogP contribution in [0.2, 0.25) is 0 Å². The van der Waals surface area contributed by atoms with Gasteiger partial charge >= 0.3 is 6.03 Å². The Balaban J connectivity index is 1.71. The summed E-state index contributed by atoms with van der Waals surface area (Å²) < 4.78 is 13.2. The van der Waals surface area contributed by atoms with Crippen LogP contribution in [-0.4, -0.2) is 36.3 Å². The minimum absolute atomic E-state index is 0.135. The molecule has 2 amide bonds. The molecule has 3 aromatic rings. The van der Waals surface area contributed by atoms with Crippen molar-refractivity contribution in [2.45, 2.75) is 19.5 Å². The molecule has 2 aromatic carbocycles. The zero-order valence-corrected chi connectivity index (χ0v) is 16.9. The Kier molecular flexibility index (Phi) is 5.16. The van der Waals surface area contributed by atoms with Gasteiger partial charge in [-0.25, -0.2) is 4.79 Å². The van der Waals surface area contributed by atoms with Gasteiger partial charge in [-0.05, 0) is 43.3 Å². The van der Waals surface area contributed by atoms with Crippen molar-refractivity contribution < 1.29 is 14.3 Å². The van der Waals surface area contributed by atoms with Gasteiger partial charge in [0.05, 0.1) is 14.2 Å². The third-order valence-corrected chi connectivity index (χ3v) is 5.34. The monoisotopic (exact) mass is 391 g/mol. The average Bonchev–Trinajstić information content (AvgIpc) is 3.23. The molecular weight excluding hydrogens is 366 g/mol. The fourth-order valence-corrected chi connectivity index (χ4v) is 3.81. The lowest BCUT2D eigenvalue weighted by Gasteiger charge is -2.37. The molecule has 6 nitrogen and oxygen atoms in total. The summed E-state index contributed by atoms with van der Waals surface area (Å²) in [6.45, 7) is 3.37. The van der Waals surface area contributed by atoms with Crippen molar-refractivity contribution in [3.8, 4) is 11.5 Å². The van der Waals surface area contributed by atoms with Crippen LogP contribution in [0, 0.1) is 6.92 Å². The van der Waals surface area contributed by atoms with Gasteiger partial charge in [-0.2, -0.15) is 0 Å². The number of benzene rings is 2. The Morgan fingerprint density at radius 2 is 1.83 bits per heavy atom. The Morgan fingerprint density at radius 1 is 1.03 bits per heavy atom. The second-order valence-corrected chi connectivity index (χ2v) is 7.13. The number of rotatable bonds is 4. The summed E-state index contributed by atoms with van der Waals surface area (Å²) in [7, 11) is 3.26. The van der Waals surface area contributed by atoms with Crippen LogP contribution in [-0.2, 0) is 6.54 Å². The van der Waals surface area contributed by atoms with Crippen LogP contribution in [0.15, 0.2) is 60.8 Å². The molecule has 0 saturated heterocycles. The maximum absolute atomic E-state index is 13.2. The number of nitrogens with zero attached hydrogens (tertiary/aromatic N) is 2. The van der Waals surface area contributed by atoms with E-state index in [4.69, 9.17) is 9.47 Å². The molecule has 4 rings (SSSR count). The van der Waals surface area contributed by atoms with Crippen LogP contribution < -0.4 is 14.8 Å². The minimum atomic E-state index is -0.259. The number of nitrogens with one attached hydrogen (secondary N) is 1. The number of anilines is 1. The third-order valence-electron chi connectivity index (χ3n) is 5.34. The van der Waals surface area contributed by atoms with Crippen LogP contribution in [0.25, 0.3) is 0 Å². The second-order valence-electron chi connectivity index (χ2n) is 7.13. The summed E-state index contributed by atoms with van der Waals surface area (Å²) in [6, 6.07) is 17.2. The maximum Gasteiger partial charge on any atom is 0.322 e. The van der Waals surface area contributed by atoms with Crippen molar-refractivity contribution in [3.05, 3.63) is 77.6 Å². The van der Waals surface area contributed by atoms with Crippen molar-refractivity contribution in [3.63, 3.8) is 0 Å². The number of hydrogen-bond donors (Lipinski definition) is 1. The molecule has 0 spiro atoms. The molecule has 0 bridgehead atoms. The van der Waals surface area contributed by atoms with Gasteiger partial charge in [0.25, 0.3) is 0 Å². The molecule has 6 heteroatoms. The lowest BCUT2D eigenvalue weighted by molar-refractivity contribution is 0.180. The number of carbonyl (C=O) groups is 1. The zero-order chi connectivity index (χ0) is 20.4. The Labute approximate surface area is 170 Å². The number of hydrogen-bond acceptors (Lipinski definition) is 3. The predicted octanol–water partition coefficient (Wildman–Crippen LogP) is 4.45. The van der Waals surface area contributed by atoms with Gasteiger partial charge in [0.1, 0.15) is 17.5 Å². The highest BCUT2D eigenvalue weighted by Crippen LogP contribution is 2.39. The van der Waals surface area contributed by atoms with Crippen molar-refractivity contribution in [2.24, 2.45) is 0 Å². The van der Waals surface area contributed by atoms with E-state index < -0.39 is 0 Å². The van der Waals surface area contributed by atoms with E-state index in [0.29, 0.717) is 18.0 Å². The molecule has 150 valence electrons. The van der Waals surface area contributed by atoms with Gasteiger partial charge in [-0.1, -0.05) is 17.7 Å². The summed E-state index contributed by atoms with van der Waals surface area (Å²) in [5.74, 6) is 1.41. The highest BCUT2D eigenvalue weighted by atomic mass is 16.5. The number of urea groups is 1. The number of carbonyl (C=O) groups excluding carboxylic acids is 1. The highest BCUT2D eigenvalue weighted by Gasteiger charge is 2.34. The van der Waals surface area contributed by atoms with Crippen LogP contribution >= 0.6 is 0 Å². The highest BCUT2D eigenvalue weighted by molar-refractivity contribution is 5.90. The molecule has 0 saturated carbocycles. The van der Waals surface area contributed by atoms with Crippen molar-refractivity contribution in [1.29, 1.82) is 0 Å². The van der Waals surface area contributed by atoms with Crippen LogP contribution in [0.3, 0.4) is 0 Å². The van der Waals surface area contributed by atoms with Gasteiger partial charge < -0.3 is 24.3 Å². The zero-order valence-electron chi connectivity index (χ0n) is 16.9. The van der Waals surface area contributed by atoms with Crippen molar-refractivity contribution >= 4 is 11.7 Å². The van der Waals surface area contributed by atoms with Gasteiger partial charge in [0.15, 0.2) is 0 Å². The lowest BCUT2D eigenvalue weighted by atomic mass is 9.99. The number of ether oxygens (including phenoxy) is 2.